The van der Waals surface area contributed by atoms with E-state index in [9.17, 15) is 38.7 Å². The Hall–Kier alpha value is -0.870. The number of nitrogens with zero attached hydrogens (tertiary/aromatic N) is 1. The standard InChI is InChI=1S/C10H19N2O15P3/c1-12-2-4(9(15)11-10(12)16)8-7(14)6(13)5(25-8)3-24-29(20,21)27-30(22,23)26-28(17,18)19/h2,5-8,13-14,20-21,29H,3H2,1H3,(H,22,23)(H,11,15,16)(H2,17,18,19). The zero-order valence-corrected chi connectivity index (χ0v) is 17.6. The second-order valence-electron chi connectivity index (χ2n) is 6.02. The Morgan fingerprint density at radius 1 is 1.20 bits per heavy atom. The third-order valence-electron chi connectivity index (χ3n) is 3.68. The molecule has 174 valence electrons. The Labute approximate surface area is 166 Å². The SMILES string of the molecule is Cn1cc(C2OC(CO[PH](O)(O)OP(=O)(O)OP(=O)(O)O)C(O)C2O)c(=O)[nH]c1=O. The van der Waals surface area contributed by atoms with Gasteiger partial charge in [-0.3, -0.25) is 0 Å². The van der Waals surface area contributed by atoms with Gasteiger partial charge in [0.05, 0.1) is 0 Å². The van der Waals surface area contributed by atoms with E-state index in [1.807, 2.05) is 4.98 Å². The average Bonchev–Trinajstić information content (AvgIpc) is 2.81. The van der Waals surface area contributed by atoms with Gasteiger partial charge in [0.1, 0.15) is 0 Å². The van der Waals surface area contributed by atoms with Gasteiger partial charge in [-0.2, -0.15) is 0 Å². The number of aliphatic hydroxyl groups is 2. The van der Waals surface area contributed by atoms with Crippen molar-refractivity contribution >= 4 is 23.8 Å². The molecule has 1 saturated heterocycles. The van der Waals surface area contributed by atoms with Crippen LogP contribution in [0.3, 0.4) is 0 Å². The van der Waals surface area contributed by atoms with Crippen molar-refractivity contribution in [3.63, 3.8) is 0 Å². The Kier molecular flexibility index (Phi) is 7.56. The third-order valence-corrected chi connectivity index (χ3v) is 7.78. The summed E-state index contributed by atoms with van der Waals surface area (Å²) in [4.78, 5) is 70.4. The van der Waals surface area contributed by atoms with Crippen molar-refractivity contribution in [2.45, 2.75) is 24.4 Å². The summed E-state index contributed by atoms with van der Waals surface area (Å²) in [5.41, 5.74) is -1.91. The molecule has 2 heterocycles. The van der Waals surface area contributed by atoms with Crippen LogP contribution in [-0.2, 0) is 34.1 Å². The molecule has 1 fully saturated rings. The van der Waals surface area contributed by atoms with Crippen LogP contribution in [0.1, 0.15) is 11.7 Å². The Balaban J connectivity index is 2.08. The molecule has 30 heavy (non-hydrogen) atoms. The molecule has 8 N–H and O–H groups in total. The number of aryl methyl sites for hydroxylation is 1. The van der Waals surface area contributed by atoms with Gasteiger partial charge in [-0.15, -0.1) is 0 Å². The molecular weight excluding hydrogens is 481 g/mol. The fourth-order valence-corrected chi connectivity index (χ4v) is 5.75. The molecule has 2 rings (SSSR count). The first kappa shape index (κ1) is 25.4. The van der Waals surface area contributed by atoms with Gasteiger partial charge < -0.3 is 0 Å². The average molecular weight is 500 g/mol. The van der Waals surface area contributed by atoms with Crippen LogP contribution in [0.4, 0.5) is 0 Å². The Morgan fingerprint density at radius 3 is 2.37 bits per heavy atom. The van der Waals surface area contributed by atoms with E-state index >= 15 is 0 Å². The molecule has 0 saturated carbocycles. The number of hydrogen-bond acceptors (Lipinski definition) is 12. The van der Waals surface area contributed by atoms with Gasteiger partial charge >= 0.3 is 166 Å². The Bertz CT molecular complexity index is 984. The van der Waals surface area contributed by atoms with Gasteiger partial charge in [0, 0.05) is 0 Å². The fourth-order valence-electron chi connectivity index (χ4n) is 2.45. The van der Waals surface area contributed by atoms with Gasteiger partial charge in [0.15, 0.2) is 0 Å². The maximum absolute atomic E-state index is 11.9. The summed E-state index contributed by atoms with van der Waals surface area (Å²) in [6.45, 7) is -0.965. The van der Waals surface area contributed by atoms with Crippen molar-refractivity contribution in [2.24, 2.45) is 7.05 Å². The summed E-state index contributed by atoms with van der Waals surface area (Å²) in [6.07, 6.45) is -5.39. The molecule has 5 atom stereocenters. The molecule has 17 nitrogen and oxygen atoms in total. The molecule has 1 aliphatic heterocycles. The van der Waals surface area contributed by atoms with E-state index in [4.69, 9.17) is 19.4 Å². The molecule has 1 aromatic rings. The number of aromatic nitrogens is 2. The van der Waals surface area contributed by atoms with Gasteiger partial charge in [-0.25, -0.2) is 0 Å². The number of aromatic amines is 1. The van der Waals surface area contributed by atoms with Crippen LogP contribution >= 0.6 is 23.8 Å². The zero-order valence-electron chi connectivity index (χ0n) is 14.8. The van der Waals surface area contributed by atoms with E-state index in [-0.39, 0.29) is 5.56 Å². The summed E-state index contributed by atoms with van der Waals surface area (Å²) in [5.74, 6) is 0. The van der Waals surface area contributed by atoms with Gasteiger partial charge in [0.25, 0.3) is 0 Å². The van der Waals surface area contributed by atoms with Gasteiger partial charge in [-0.05, 0) is 0 Å². The summed E-state index contributed by atoms with van der Waals surface area (Å²) in [5, 5.41) is 20.1. The molecule has 0 bridgehead atoms. The molecule has 0 spiro atoms. The first-order valence-corrected chi connectivity index (χ1v) is 12.5. The second-order valence-corrected chi connectivity index (χ2v) is 10.7. The van der Waals surface area contributed by atoms with Crippen molar-refractivity contribution < 1.29 is 61.7 Å². The van der Waals surface area contributed by atoms with Crippen molar-refractivity contribution in [3.05, 3.63) is 32.6 Å². The molecule has 0 radical (unpaired) electrons. The Morgan fingerprint density at radius 2 is 1.80 bits per heavy atom. The van der Waals surface area contributed by atoms with Crippen LogP contribution in [0.2, 0.25) is 0 Å². The minimum absolute atomic E-state index is 0.242. The van der Waals surface area contributed by atoms with Crippen LogP contribution in [0.5, 0.6) is 0 Å². The number of rotatable bonds is 8. The number of H-pyrrole nitrogens is 1. The van der Waals surface area contributed by atoms with E-state index < -0.39 is 66.1 Å². The molecule has 0 amide bonds. The number of nitrogens with one attached hydrogen (secondary N) is 1. The topological polar surface area (TPSA) is 268 Å². The van der Waals surface area contributed by atoms with E-state index in [1.54, 1.807) is 0 Å². The predicted octanol–water partition coefficient (Wildman–Crippen LogP) is -3.13. The van der Waals surface area contributed by atoms with E-state index in [1.165, 1.54) is 7.05 Å². The molecular formula is C10H19N2O15P3. The molecule has 1 aliphatic rings. The summed E-state index contributed by atoms with van der Waals surface area (Å²) in [7, 11) is -15.5. The number of ether oxygens (including phenoxy) is 1. The number of phosphoric acid groups is 2. The normalized spacial score (nSPS) is 27.7. The molecule has 0 aliphatic carbocycles. The third kappa shape index (κ3) is 6.56. The van der Waals surface area contributed by atoms with Crippen LogP contribution in [0, 0.1) is 0 Å². The summed E-state index contributed by atoms with van der Waals surface area (Å²) in [6, 6.07) is 0. The first-order chi connectivity index (χ1) is 13.5. The maximum atomic E-state index is 11.9. The monoisotopic (exact) mass is 500 g/mol. The van der Waals surface area contributed by atoms with Gasteiger partial charge in [0.2, 0.25) is 0 Å². The molecule has 1 aromatic heterocycles. The van der Waals surface area contributed by atoms with E-state index in [2.05, 4.69) is 13.1 Å². The van der Waals surface area contributed by atoms with Crippen molar-refractivity contribution in [2.75, 3.05) is 6.61 Å². The molecule has 20 heteroatoms. The van der Waals surface area contributed by atoms with Gasteiger partial charge in [-0.1, -0.05) is 0 Å². The van der Waals surface area contributed by atoms with Crippen molar-refractivity contribution in [1.29, 1.82) is 0 Å². The zero-order chi connectivity index (χ0) is 23.1. The van der Waals surface area contributed by atoms with Crippen LogP contribution in [0.15, 0.2) is 15.8 Å². The van der Waals surface area contributed by atoms with E-state index in [0.29, 0.717) is 0 Å². The quantitative estimate of drug-likeness (QED) is 0.164. The van der Waals surface area contributed by atoms with Crippen molar-refractivity contribution in [1.82, 2.24) is 9.55 Å². The van der Waals surface area contributed by atoms with Crippen molar-refractivity contribution in [3.8, 4) is 0 Å². The van der Waals surface area contributed by atoms with E-state index in [0.717, 1.165) is 10.8 Å². The summed E-state index contributed by atoms with van der Waals surface area (Å²) < 4.78 is 39.8. The minimum atomic E-state index is -5.66. The fraction of sp³-hybridized carbons (Fsp3) is 0.600. The number of aliphatic hydroxyl groups excluding tert-OH is 2. The molecule has 0 aromatic carbocycles. The van der Waals surface area contributed by atoms with Crippen LogP contribution in [-0.4, -0.2) is 69.1 Å². The number of hydrogen-bond donors (Lipinski definition) is 8. The van der Waals surface area contributed by atoms with Crippen LogP contribution in [0.25, 0.3) is 0 Å². The van der Waals surface area contributed by atoms with Crippen LogP contribution < -0.4 is 11.2 Å². The molecule has 5 unspecified atom stereocenters. The first-order valence-electron chi connectivity index (χ1n) is 7.72. The second kappa shape index (κ2) is 8.94. The summed E-state index contributed by atoms with van der Waals surface area (Å²) >= 11 is 0. The predicted molar refractivity (Wildman–Crippen MR) is 94.7 cm³/mol.